The van der Waals surface area contributed by atoms with Crippen LogP contribution < -0.4 is 0 Å². The Balaban J connectivity index is 1.73. The maximum atomic E-state index is 14.6. The molecule has 5 nitrogen and oxygen atoms in total. The minimum atomic E-state index is -4.45. The van der Waals surface area contributed by atoms with Gasteiger partial charge in [0.05, 0.1) is 29.8 Å². The Morgan fingerprint density at radius 1 is 1.37 bits per heavy atom. The second kappa shape index (κ2) is 9.76. The van der Waals surface area contributed by atoms with Gasteiger partial charge in [-0.1, -0.05) is 12.1 Å². The molecule has 0 N–H and O–H groups in total. The van der Waals surface area contributed by atoms with Crippen molar-refractivity contribution in [3.8, 4) is 0 Å². The molecule has 2 heterocycles. The van der Waals surface area contributed by atoms with Crippen LogP contribution in [0.4, 0.5) is 17.6 Å². The van der Waals surface area contributed by atoms with Crippen molar-refractivity contribution in [1.29, 1.82) is 0 Å². The summed E-state index contributed by atoms with van der Waals surface area (Å²) >= 11 is 0. The number of hydrogen-bond acceptors (Lipinski definition) is 4. The van der Waals surface area contributed by atoms with Gasteiger partial charge in [-0.05, 0) is 57.1 Å². The summed E-state index contributed by atoms with van der Waals surface area (Å²) in [7, 11) is 0. The average Bonchev–Trinajstić information content (AvgIpc) is 3.05. The molecular weight excluding hydrogens is 404 g/mol. The van der Waals surface area contributed by atoms with Crippen LogP contribution in [0.1, 0.15) is 57.2 Å². The van der Waals surface area contributed by atoms with E-state index < -0.39 is 30.4 Å². The second-order valence-corrected chi connectivity index (χ2v) is 7.53. The summed E-state index contributed by atoms with van der Waals surface area (Å²) in [6.07, 6.45) is -2.67. The highest BCUT2D eigenvalue weighted by atomic mass is 19.4. The molecule has 166 valence electrons. The number of carbonyl (C=O) groups excluding carboxylic acids is 1. The van der Waals surface area contributed by atoms with Crippen molar-refractivity contribution >= 4 is 16.9 Å². The van der Waals surface area contributed by atoms with Gasteiger partial charge >= 0.3 is 12.1 Å². The van der Waals surface area contributed by atoms with Crippen molar-refractivity contribution in [3.05, 3.63) is 29.7 Å². The largest absolute Gasteiger partial charge is 0.466 e. The molecule has 1 aromatic heterocycles. The van der Waals surface area contributed by atoms with E-state index in [2.05, 4.69) is 5.10 Å². The predicted octanol–water partition coefficient (Wildman–Crippen LogP) is 5.33. The molecule has 3 rings (SSSR count). The van der Waals surface area contributed by atoms with E-state index in [1.54, 1.807) is 29.8 Å². The van der Waals surface area contributed by atoms with Crippen LogP contribution in [-0.4, -0.2) is 35.1 Å². The van der Waals surface area contributed by atoms with Gasteiger partial charge in [0.1, 0.15) is 0 Å². The molecule has 0 aliphatic carbocycles. The number of aromatic nitrogens is 2. The maximum Gasteiger partial charge on any atom is 0.389 e. The van der Waals surface area contributed by atoms with Crippen LogP contribution in [-0.2, 0) is 20.7 Å². The van der Waals surface area contributed by atoms with Crippen molar-refractivity contribution in [2.24, 2.45) is 5.92 Å². The highest BCUT2D eigenvalue weighted by Gasteiger charge is 2.35. The number of benzene rings is 1. The zero-order valence-corrected chi connectivity index (χ0v) is 16.9. The molecule has 2 atom stereocenters. The minimum Gasteiger partial charge on any atom is -0.466 e. The van der Waals surface area contributed by atoms with Crippen molar-refractivity contribution in [2.75, 3.05) is 13.2 Å². The number of rotatable bonds is 8. The SMILES string of the molecule is CCOC(=O)C(CCCc1cccc2c1c(F)nn2C1CCCCO1)CC(F)(F)F. The predicted molar refractivity (Wildman–Crippen MR) is 102 cm³/mol. The monoisotopic (exact) mass is 430 g/mol. The van der Waals surface area contributed by atoms with Gasteiger partial charge < -0.3 is 9.47 Å². The fourth-order valence-electron chi connectivity index (χ4n) is 3.94. The molecule has 1 fully saturated rings. The third-order valence-electron chi connectivity index (χ3n) is 5.30. The molecule has 2 unspecified atom stereocenters. The number of carbonyl (C=O) groups is 1. The van der Waals surface area contributed by atoms with Crippen LogP contribution >= 0.6 is 0 Å². The first-order chi connectivity index (χ1) is 14.3. The lowest BCUT2D eigenvalue weighted by Crippen LogP contribution is -2.24. The number of alkyl halides is 3. The van der Waals surface area contributed by atoms with Gasteiger partial charge in [0.15, 0.2) is 6.23 Å². The van der Waals surface area contributed by atoms with Gasteiger partial charge in [0.2, 0.25) is 5.95 Å². The highest BCUT2D eigenvalue weighted by Crippen LogP contribution is 2.32. The van der Waals surface area contributed by atoms with E-state index in [1.165, 1.54) is 0 Å². The number of aryl methyl sites for hydroxylation is 1. The molecule has 1 aliphatic rings. The molecule has 30 heavy (non-hydrogen) atoms. The van der Waals surface area contributed by atoms with Gasteiger partial charge in [0.25, 0.3) is 0 Å². The third-order valence-corrected chi connectivity index (χ3v) is 5.30. The Labute approximate surface area is 172 Å². The van der Waals surface area contributed by atoms with Crippen LogP contribution in [0.5, 0.6) is 0 Å². The van der Waals surface area contributed by atoms with E-state index in [-0.39, 0.29) is 19.3 Å². The van der Waals surface area contributed by atoms with Gasteiger partial charge in [0, 0.05) is 6.61 Å². The first-order valence-electron chi connectivity index (χ1n) is 10.3. The summed E-state index contributed by atoms with van der Waals surface area (Å²) < 4.78 is 65.1. The lowest BCUT2D eigenvalue weighted by atomic mass is 9.95. The molecule has 0 spiro atoms. The molecule has 1 aromatic carbocycles. The van der Waals surface area contributed by atoms with E-state index in [4.69, 9.17) is 9.47 Å². The Morgan fingerprint density at radius 3 is 2.83 bits per heavy atom. The standard InChI is InChI=1S/C21H26F4N2O3/c1-2-29-20(28)15(13-21(23,24)25)9-5-7-14-8-6-10-16-18(14)19(22)26-27(16)17-11-3-4-12-30-17/h6,8,10,15,17H,2-5,7,9,11-13H2,1H3. The van der Waals surface area contributed by atoms with E-state index in [9.17, 15) is 22.4 Å². The van der Waals surface area contributed by atoms with Crippen LogP contribution in [0.3, 0.4) is 0 Å². The molecule has 2 aromatic rings. The molecule has 0 bridgehead atoms. The first kappa shape index (κ1) is 22.5. The number of halogens is 4. The van der Waals surface area contributed by atoms with Crippen LogP contribution in [0.15, 0.2) is 18.2 Å². The summed E-state index contributed by atoms with van der Waals surface area (Å²) in [5.41, 5.74) is 1.26. The second-order valence-electron chi connectivity index (χ2n) is 7.53. The van der Waals surface area contributed by atoms with Gasteiger partial charge in [-0.2, -0.15) is 17.6 Å². The third kappa shape index (κ3) is 5.50. The number of fused-ring (bicyclic) bond motifs is 1. The Kier molecular flexibility index (Phi) is 7.33. The summed E-state index contributed by atoms with van der Waals surface area (Å²) in [6.45, 7) is 2.18. The molecule has 1 saturated heterocycles. The van der Waals surface area contributed by atoms with Gasteiger partial charge in [-0.15, -0.1) is 5.10 Å². The number of esters is 1. The molecule has 0 amide bonds. The zero-order valence-electron chi connectivity index (χ0n) is 16.9. The lowest BCUT2D eigenvalue weighted by molar-refractivity contribution is -0.168. The van der Waals surface area contributed by atoms with Crippen LogP contribution in [0, 0.1) is 11.9 Å². The van der Waals surface area contributed by atoms with Crippen LogP contribution in [0.25, 0.3) is 10.9 Å². The molecule has 0 radical (unpaired) electrons. The quantitative estimate of drug-likeness (QED) is 0.420. The van der Waals surface area contributed by atoms with E-state index >= 15 is 0 Å². The Morgan fingerprint density at radius 2 is 2.17 bits per heavy atom. The molecular formula is C21H26F4N2O3. The highest BCUT2D eigenvalue weighted by molar-refractivity contribution is 5.83. The molecule has 9 heteroatoms. The summed E-state index contributed by atoms with van der Waals surface area (Å²) in [5, 5.41) is 4.38. The van der Waals surface area contributed by atoms with E-state index in [0.717, 1.165) is 19.3 Å². The van der Waals surface area contributed by atoms with E-state index in [0.29, 0.717) is 35.9 Å². The van der Waals surface area contributed by atoms with Crippen molar-refractivity contribution in [1.82, 2.24) is 9.78 Å². The molecule has 1 aliphatic heterocycles. The van der Waals surface area contributed by atoms with Crippen molar-refractivity contribution in [3.63, 3.8) is 0 Å². The first-order valence-corrected chi connectivity index (χ1v) is 10.3. The number of nitrogens with zero attached hydrogens (tertiary/aromatic N) is 2. The van der Waals surface area contributed by atoms with Gasteiger partial charge in [-0.25, -0.2) is 4.68 Å². The minimum absolute atomic E-state index is 0.0101. The molecule has 0 saturated carbocycles. The number of ether oxygens (including phenoxy) is 2. The van der Waals surface area contributed by atoms with Crippen molar-refractivity contribution in [2.45, 2.75) is 64.3 Å². The Bertz CT molecular complexity index is 860. The Hall–Kier alpha value is -2.16. The summed E-state index contributed by atoms with van der Waals surface area (Å²) in [6, 6.07) is 5.27. The topological polar surface area (TPSA) is 53.3 Å². The zero-order chi connectivity index (χ0) is 21.7. The van der Waals surface area contributed by atoms with Crippen LogP contribution in [0.2, 0.25) is 0 Å². The van der Waals surface area contributed by atoms with Gasteiger partial charge in [-0.3, -0.25) is 4.79 Å². The van der Waals surface area contributed by atoms with E-state index in [1.807, 2.05) is 0 Å². The normalized spacial score (nSPS) is 18.5. The fraction of sp³-hybridized carbons (Fsp3) is 0.619. The summed E-state index contributed by atoms with van der Waals surface area (Å²) in [5.74, 6) is -2.72. The summed E-state index contributed by atoms with van der Waals surface area (Å²) in [4.78, 5) is 11.9. The maximum absolute atomic E-state index is 14.6. The lowest BCUT2D eigenvalue weighted by Gasteiger charge is -2.23. The smallest absolute Gasteiger partial charge is 0.389 e. The van der Waals surface area contributed by atoms with Crippen molar-refractivity contribution < 1.29 is 31.8 Å². The fourth-order valence-corrected chi connectivity index (χ4v) is 3.94. The number of hydrogen-bond donors (Lipinski definition) is 0. The average molecular weight is 430 g/mol.